The van der Waals surface area contributed by atoms with Gasteiger partial charge in [0.05, 0.1) is 12.2 Å². The molecule has 0 spiro atoms. The second-order valence-electron chi connectivity index (χ2n) is 3.45. The van der Waals surface area contributed by atoms with E-state index >= 15 is 0 Å². The van der Waals surface area contributed by atoms with Crippen molar-refractivity contribution in [3.05, 3.63) is 30.1 Å². The minimum atomic E-state index is -4.40. The minimum Gasteiger partial charge on any atom is -0.329 e. The van der Waals surface area contributed by atoms with E-state index in [1.54, 1.807) is 29.7 Å². The maximum absolute atomic E-state index is 11.9. The fraction of sp³-hybridized carbons (Fsp3) is 0.400. The van der Waals surface area contributed by atoms with Crippen molar-refractivity contribution in [3.63, 3.8) is 0 Å². The van der Waals surface area contributed by atoms with Crippen molar-refractivity contribution in [2.75, 3.05) is 13.6 Å². The zero-order chi connectivity index (χ0) is 12.9. The summed E-state index contributed by atoms with van der Waals surface area (Å²) in [6.45, 7) is -1.18. The van der Waals surface area contributed by atoms with E-state index in [4.69, 9.17) is 0 Å². The SMILES string of the molecule is CN(Cc1ccccn1)C(=O)NCC(F)(F)F. The molecule has 0 unspecified atom stereocenters. The molecule has 7 heteroatoms. The molecule has 17 heavy (non-hydrogen) atoms. The molecule has 0 aliphatic rings. The molecular weight excluding hydrogens is 235 g/mol. The Morgan fingerprint density at radius 3 is 2.71 bits per heavy atom. The largest absolute Gasteiger partial charge is 0.405 e. The topological polar surface area (TPSA) is 45.2 Å². The van der Waals surface area contributed by atoms with Crippen molar-refractivity contribution in [1.82, 2.24) is 15.2 Å². The highest BCUT2D eigenvalue weighted by atomic mass is 19.4. The average Bonchev–Trinajstić information content (AvgIpc) is 2.26. The molecule has 0 saturated carbocycles. The van der Waals surface area contributed by atoms with Crippen LogP contribution in [0.5, 0.6) is 0 Å². The third kappa shape index (κ3) is 5.19. The monoisotopic (exact) mass is 247 g/mol. The molecule has 4 nitrogen and oxygen atoms in total. The smallest absolute Gasteiger partial charge is 0.329 e. The van der Waals surface area contributed by atoms with Gasteiger partial charge in [-0.2, -0.15) is 13.2 Å². The highest BCUT2D eigenvalue weighted by molar-refractivity contribution is 5.73. The molecule has 1 heterocycles. The van der Waals surface area contributed by atoms with Gasteiger partial charge in [0.25, 0.3) is 0 Å². The van der Waals surface area contributed by atoms with Gasteiger partial charge in [0.1, 0.15) is 6.54 Å². The number of hydrogen-bond acceptors (Lipinski definition) is 2. The van der Waals surface area contributed by atoms with Gasteiger partial charge in [0.2, 0.25) is 0 Å². The molecule has 0 radical (unpaired) electrons. The van der Waals surface area contributed by atoms with E-state index < -0.39 is 18.8 Å². The Balaban J connectivity index is 2.43. The van der Waals surface area contributed by atoms with E-state index in [2.05, 4.69) is 4.98 Å². The molecule has 1 rings (SSSR count). The van der Waals surface area contributed by atoms with Crippen molar-refractivity contribution in [2.45, 2.75) is 12.7 Å². The number of halogens is 3. The van der Waals surface area contributed by atoms with Gasteiger partial charge in [-0.3, -0.25) is 4.98 Å². The first-order chi connectivity index (χ1) is 7.88. The average molecular weight is 247 g/mol. The van der Waals surface area contributed by atoms with Gasteiger partial charge in [-0.15, -0.1) is 0 Å². The highest BCUT2D eigenvalue weighted by Crippen LogP contribution is 2.12. The van der Waals surface area contributed by atoms with Crippen LogP contribution in [0, 0.1) is 0 Å². The summed E-state index contributed by atoms with van der Waals surface area (Å²) in [7, 11) is 1.40. The number of urea groups is 1. The van der Waals surface area contributed by atoms with Crippen LogP contribution in [0.2, 0.25) is 0 Å². The molecule has 0 fully saturated rings. The number of hydrogen-bond donors (Lipinski definition) is 1. The number of carbonyl (C=O) groups excluding carboxylic acids is 1. The quantitative estimate of drug-likeness (QED) is 0.885. The van der Waals surface area contributed by atoms with Gasteiger partial charge >= 0.3 is 12.2 Å². The predicted molar refractivity (Wildman–Crippen MR) is 55.2 cm³/mol. The third-order valence-electron chi connectivity index (χ3n) is 1.91. The van der Waals surface area contributed by atoms with Gasteiger partial charge in [-0.1, -0.05) is 6.07 Å². The lowest BCUT2D eigenvalue weighted by Crippen LogP contribution is -2.41. The summed E-state index contributed by atoms with van der Waals surface area (Å²) in [6, 6.07) is 4.36. The van der Waals surface area contributed by atoms with E-state index in [-0.39, 0.29) is 6.54 Å². The Kier molecular flexibility index (Phi) is 4.30. The molecule has 1 aromatic heterocycles. The lowest BCUT2D eigenvalue weighted by molar-refractivity contribution is -0.123. The summed E-state index contributed by atoms with van der Waals surface area (Å²) in [4.78, 5) is 16.4. The molecule has 1 N–H and O–H groups in total. The molecule has 0 aromatic carbocycles. The van der Waals surface area contributed by atoms with Crippen molar-refractivity contribution >= 4 is 6.03 Å². The summed E-state index contributed by atoms with van der Waals surface area (Å²) in [5.74, 6) is 0. The maximum atomic E-state index is 11.9. The second kappa shape index (κ2) is 5.51. The number of nitrogens with one attached hydrogen (secondary N) is 1. The third-order valence-corrected chi connectivity index (χ3v) is 1.91. The van der Waals surface area contributed by atoms with Crippen molar-refractivity contribution < 1.29 is 18.0 Å². The van der Waals surface area contributed by atoms with E-state index in [0.717, 1.165) is 4.90 Å². The van der Waals surface area contributed by atoms with Crippen molar-refractivity contribution in [1.29, 1.82) is 0 Å². The summed E-state index contributed by atoms with van der Waals surface area (Å²) in [6.07, 6.45) is -2.85. The first-order valence-corrected chi connectivity index (χ1v) is 4.84. The number of carbonyl (C=O) groups is 1. The van der Waals surface area contributed by atoms with Gasteiger partial charge in [-0.05, 0) is 12.1 Å². The molecule has 2 amide bonds. The summed E-state index contributed by atoms with van der Waals surface area (Å²) < 4.78 is 35.6. The summed E-state index contributed by atoms with van der Waals surface area (Å²) in [5.41, 5.74) is 0.608. The van der Waals surface area contributed by atoms with Crippen LogP contribution in [0.4, 0.5) is 18.0 Å². The first kappa shape index (κ1) is 13.3. The fourth-order valence-corrected chi connectivity index (χ4v) is 1.12. The minimum absolute atomic E-state index is 0.157. The predicted octanol–water partition coefficient (Wildman–Crippen LogP) is 1.79. The van der Waals surface area contributed by atoms with Crippen LogP contribution in [-0.4, -0.2) is 35.7 Å². The zero-order valence-corrected chi connectivity index (χ0v) is 9.16. The standard InChI is InChI=1S/C10H12F3N3O/c1-16(6-8-4-2-3-5-14-8)9(17)15-7-10(11,12)13/h2-5H,6-7H2,1H3,(H,15,17). The highest BCUT2D eigenvalue weighted by Gasteiger charge is 2.28. The number of rotatable bonds is 3. The maximum Gasteiger partial charge on any atom is 0.405 e. The Labute approximate surface area is 96.4 Å². The lowest BCUT2D eigenvalue weighted by Gasteiger charge is -2.18. The zero-order valence-electron chi connectivity index (χ0n) is 9.16. The summed E-state index contributed by atoms with van der Waals surface area (Å²) >= 11 is 0. The van der Waals surface area contributed by atoms with Crippen molar-refractivity contribution in [3.8, 4) is 0 Å². The van der Waals surface area contributed by atoms with Crippen LogP contribution >= 0.6 is 0 Å². The summed E-state index contributed by atoms with van der Waals surface area (Å²) in [5, 5.41) is 1.78. The lowest BCUT2D eigenvalue weighted by atomic mass is 10.3. The number of alkyl halides is 3. The van der Waals surface area contributed by atoms with E-state index in [9.17, 15) is 18.0 Å². The Morgan fingerprint density at radius 2 is 2.18 bits per heavy atom. The molecule has 0 aliphatic carbocycles. The molecule has 0 aliphatic heterocycles. The Bertz CT molecular complexity index is 367. The van der Waals surface area contributed by atoms with Crippen LogP contribution in [0.3, 0.4) is 0 Å². The van der Waals surface area contributed by atoms with Gasteiger partial charge < -0.3 is 10.2 Å². The van der Waals surface area contributed by atoms with Crippen molar-refractivity contribution in [2.24, 2.45) is 0 Å². The molecule has 0 bridgehead atoms. The molecular formula is C10H12F3N3O. The van der Waals surface area contributed by atoms with Crippen LogP contribution in [0.1, 0.15) is 5.69 Å². The molecule has 0 saturated heterocycles. The normalized spacial score (nSPS) is 11.1. The van der Waals surface area contributed by atoms with Gasteiger partial charge in [0, 0.05) is 13.2 Å². The van der Waals surface area contributed by atoms with Crippen LogP contribution in [0.15, 0.2) is 24.4 Å². The number of amides is 2. The number of aromatic nitrogens is 1. The Hall–Kier alpha value is -1.79. The Morgan fingerprint density at radius 1 is 1.47 bits per heavy atom. The van der Waals surface area contributed by atoms with Gasteiger partial charge in [-0.25, -0.2) is 4.79 Å². The number of nitrogens with zero attached hydrogens (tertiary/aromatic N) is 2. The van der Waals surface area contributed by atoms with Crippen LogP contribution < -0.4 is 5.32 Å². The van der Waals surface area contributed by atoms with E-state index in [1.807, 2.05) is 0 Å². The van der Waals surface area contributed by atoms with E-state index in [0.29, 0.717) is 5.69 Å². The fourth-order valence-electron chi connectivity index (χ4n) is 1.12. The molecule has 94 valence electrons. The van der Waals surface area contributed by atoms with E-state index in [1.165, 1.54) is 7.05 Å². The number of pyridine rings is 1. The molecule has 1 aromatic rings. The molecule has 0 atom stereocenters. The van der Waals surface area contributed by atoms with Gasteiger partial charge in [0.15, 0.2) is 0 Å². The first-order valence-electron chi connectivity index (χ1n) is 4.84. The van der Waals surface area contributed by atoms with Crippen LogP contribution in [-0.2, 0) is 6.54 Å². The second-order valence-corrected chi connectivity index (χ2v) is 3.45. The van der Waals surface area contributed by atoms with Crippen LogP contribution in [0.25, 0.3) is 0 Å².